The number of carbonyl (C=O) groups excluding carboxylic acids is 1. The highest BCUT2D eigenvalue weighted by Gasteiger charge is 2.25. The molecule has 2 rings (SSSR count). The average molecular weight is 312 g/mol. The third-order valence-electron chi connectivity index (χ3n) is 3.83. The van der Waals surface area contributed by atoms with E-state index in [1.165, 1.54) is 24.6 Å². The lowest BCUT2D eigenvalue weighted by atomic mass is 10.0. The van der Waals surface area contributed by atoms with Gasteiger partial charge in [0.25, 0.3) is 5.91 Å². The number of rotatable bonds is 4. The number of piperidine rings is 1. The molecule has 1 atom stereocenters. The zero-order valence-corrected chi connectivity index (χ0v) is 12.6. The quantitative estimate of drug-likeness (QED) is 0.684. The van der Waals surface area contributed by atoms with E-state index in [0.717, 1.165) is 19.4 Å². The molecule has 1 heterocycles. The van der Waals surface area contributed by atoms with Gasteiger partial charge in [-0.1, -0.05) is 24.1 Å². The Hall–Kier alpha value is -1.66. The number of benzene rings is 1. The Kier molecular flexibility index (Phi) is 5.14. The maximum Gasteiger partial charge on any atom is 0.300 e. The number of para-hydroxylation sites is 1. The highest BCUT2D eigenvalue weighted by molar-refractivity contribution is 6.33. The van der Waals surface area contributed by atoms with Gasteiger partial charge in [-0.25, -0.2) is 0 Å². The van der Waals surface area contributed by atoms with E-state index in [0.29, 0.717) is 6.54 Å². The summed E-state index contributed by atoms with van der Waals surface area (Å²) in [5.74, 6) is -0.455. The van der Waals surface area contributed by atoms with E-state index in [4.69, 9.17) is 11.6 Å². The van der Waals surface area contributed by atoms with Crippen LogP contribution < -0.4 is 5.32 Å². The van der Waals surface area contributed by atoms with Crippen LogP contribution in [-0.2, 0) is 0 Å². The van der Waals surface area contributed by atoms with Crippen molar-refractivity contribution in [3.05, 3.63) is 38.9 Å². The molecule has 0 aliphatic carbocycles. The van der Waals surface area contributed by atoms with Crippen LogP contribution in [0.15, 0.2) is 18.2 Å². The van der Waals surface area contributed by atoms with E-state index in [1.54, 1.807) is 0 Å². The molecule has 0 radical (unpaired) electrons. The largest absolute Gasteiger partial charge is 0.350 e. The van der Waals surface area contributed by atoms with Crippen LogP contribution in [0.2, 0.25) is 5.02 Å². The van der Waals surface area contributed by atoms with E-state index in [9.17, 15) is 14.9 Å². The van der Waals surface area contributed by atoms with Gasteiger partial charge < -0.3 is 10.2 Å². The highest BCUT2D eigenvalue weighted by atomic mass is 35.5. The SMILES string of the molecule is CN1CCCCC1CNC(=O)c1cccc(Cl)c1[N+](=O)[O-]. The number of carbonyl (C=O) groups is 1. The molecule has 21 heavy (non-hydrogen) atoms. The third-order valence-corrected chi connectivity index (χ3v) is 4.14. The second-order valence-corrected chi connectivity index (χ2v) is 5.64. The van der Waals surface area contributed by atoms with Crippen LogP contribution in [0.3, 0.4) is 0 Å². The highest BCUT2D eigenvalue weighted by Crippen LogP contribution is 2.28. The van der Waals surface area contributed by atoms with Gasteiger partial charge in [-0.15, -0.1) is 0 Å². The van der Waals surface area contributed by atoms with Crippen LogP contribution >= 0.6 is 11.6 Å². The smallest absolute Gasteiger partial charge is 0.300 e. The lowest BCUT2D eigenvalue weighted by molar-refractivity contribution is -0.385. The number of amides is 1. The number of hydrogen-bond acceptors (Lipinski definition) is 4. The molecule has 1 aromatic carbocycles. The first kappa shape index (κ1) is 15.7. The predicted molar refractivity (Wildman–Crippen MR) is 80.7 cm³/mol. The van der Waals surface area contributed by atoms with Gasteiger partial charge in [0.05, 0.1) is 4.92 Å². The van der Waals surface area contributed by atoms with Crippen molar-refractivity contribution < 1.29 is 9.72 Å². The number of nitro benzene ring substituents is 1. The number of nitro groups is 1. The first-order chi connectivity index (χ1) is 10.0. The lowest BCUT2D eigenvalue weighted by Gasteiger charge is -2.32. The van der Waals surface area contributed by atoms with Gasteiger partial charge in [0.1, 0.15) is 10.6 Å². The molecule has 1 aliphatic rings. The monoisotopic (exact) mass is 311 g/mol. The second kappa shape index (κ2) is 6.87. The molecule has 1 aromatic rings. The Morgan fingerprint density at radius 3 is 2.95 bits per heavy atom. The van der Waals surface area contributed by atoms with E-state index in [2.05, 4.69) is 10.2 Å². The molecule has 7 heteroatoms. The summed E-state index contributed by atoms with van der Waals surface area (Å²) in [6.07, 6.45) is 3.33. The van der Waals surface area contributed by atoms with Crippen LogP contribution in [0.5, 0.6) is 0 Å². The summed E-state index contributed by atoms with van der Waals surface area (Å²) in [5.41, 5.74) is -0.334. The minimum absolute atomic E-state index is 0.00552. The van der Waals surface area contributed by atoms with Crippen LogP contribution in [0.25, 0.3) is 0 Å². The van der Waals surface area contributed by atoms with Gasteiger partial charge in [0.2, 0.25) is 0 Å². The fourth-order valence-corrected chi connectivity index (χ4v) is 2.84. The van der Waals surface area contributed by atoms with Gasteiger partial charge in [-0.05, 0) is 38.6 Å². The minimum atomic E-state index is -0.621. The summed E-state index contributed by atoms with van der Waals surface area (Å²) in [4.78, 5) is 24.8. The Labute approximate surface area is 128 Å². The first-order valence-corrected chi connectivity index (χ1v) is 7.30. The van der Waals surface area contributed by atoms with Crippen molar-refractivity contribution in [2.24, 2.45) is 0 Å². The standard InChI is InChI=1S/C14H18ClN3O3/c1-17-8-3-2-5-10(17)9-16-14(19)11-6-4-7-12(15)13(11)18(20)21/h4,6-7,10H,2-3,5,8-9H2,1H3,(H,16,19). The number of likely N-dealkylation sites (tertiary alicyclic amines) is 1. The molecule has 1 aliphatic heterocycles. The summed E-state index contributed by atoms with van der Waals surface area (Å²) < 4.78 is 0. The zero-order chi connectivity index (χ0) is 15.4. The first-order valence-electron chi connectivity index (χ1n) is 6.92. The van der Waals surface area contributed by atoms with Crippen LogP contribution in [0, 0.1) is 10.1 Å². The Balaban J connectivity index is 2.07. The number of hydrogen-bond donors (Lipinski definition) is 1. The number of nitrogens with one attached hydrogen (secondary N) is 1. The molecule has 0 bridgehead atoms. The Morgan fingerprint density at radius 2 is 2.29 bits per heavy atom. The molecule has 1 unspecified atom stereocenters. The van der Waals surface area contributed by atoms with Crippen molar-refractivity contribution in [1.82, 2.24) is 10.2 Å². The molecule has 114 valence electrons. The third kappa shape index (κ3) is 3.71. The van der Waals surface area contributed by atoms with E-state index in [-0.39, 0.29) is 22.3 Å². The van der Waals surface area contributed by atoms with Gasteiger partial charge >= 0.3 is 5.69 Å². The summed E-state index contributed by atoms with van der Waals surface area (Å²) in [5, 5.41) is 13.8. The molecule has 0 saturated carbocycles. The van der Waals surface area contributed by atoms with Crippen molar-refractivity contribution in [2.75, 3.05) is 20.1 Å². The van der Waals surface area contributed by atoms with Crippen molar-refractivity contribution in [2.45, 2.75) is 25.3 Å². The van der Waals surface area contributed by atoms with Crippen LogP contribution in [0.4, 0.5) is 5.69 Å². The minimum Gasteiger partial charge on any atom is -0.350 e. The summed E-state index contributed by atoms with van der Waals surface area (Å²) in [6, 6.07) is 4.65. The van der Waals surface area contributed by atoms with Gasteiger partial charge in [-0.3, -0.25) is 14.9 Å². The average Bonchev–Trinajstić information content (AvgIpc) is 2.45. The molecule has 1 N–H and O–H groups in total. The molecule has 1 amide bonds. The van der Waals surface area contributed by atoms with Gasteiger partial charge in [0, 0.05) is 12.6 Å². The molecule has 1 saturated heterocycles. The van der Waals surface area contributed by atoms with Crippen molar-refractivity contribution in [3.63, 3.8) is 0 Å². The van der Waals surface area contributed by atoms with Crippen molar-refractivity contribution in [1.29, 1.82) is 0 Å². The Bertz CT molecular complexity index is 550. The van der Waals surface area contributed by atoms with E-state index < -0.39 is 10.8 Å². The van der Waals surface area contributed by atoms with Gasteiger partial charge in [-0.2, -0.15) is 0 Å². The molecule has 6 nitrogen and oxygen atoms in total. The normalized spacial score (nSPS) is 19.2. The molecular weight excluding hydrogens is 294 g/mol. The molecule has 0 spiro atoms. The van der Waals surface area contributed by atoms with Crippen molar-refractivity contribution in [3.8, 4) is 0 Å². The van der Waals surface area contributed by atoms with Crippen LogP contribution in [0.1, 0.15) is 29.6 Å². The maximum absolute atomic E-state index is 12.2. The number of nitrogens with zero attached hydrogens (tertiary/aromatic N) is 2. The number of halogens is 1. The molecule has 1 fully saturated rings. The van der Waals surface area contributed by atoms with E-state index in [1.807, 2.05) is 7.05 Å². The Morgan fingerprint density at radius 1 is 1.52 bits per heavy atom. The number of likely N-dealkylation sites (N-methyl/N-ethyl adjacent to an activating group) is 1. The van der Waals surface area contributed by atoms with Crippen LogP contribution in [-0.4, -0.2) is 41.9 Å². The fraction of sp³-hybridized carbons (Fsp3) is 0.500. The summed E-state index contributed by atoms with van der Waals surface area (Å²) in [7, 11) is 2.03. The molecule has 0 aromatic heterocycles. The second-order valence-electron chi connectivity index (χ2n) is 5.23. The molecular formula is C14H18ClN3O3. The summed E-state index contributed by atoms with van der Waals surface area (Å²) in [6.45, 7) is 1.50. The fourth-order valence-electron chi connectivity index (χ4n) is 2.59. The van der Waals surface area contributed by atoms with Gasteiger partial charge in [0.15, 0.2) is 0 Å². The lowest BCUT2D eigenvalue weighted by Crippen LogP contribution is -2.44. The zero-order valence-electron chi connectivity index (χ0n) is 11.8. The predicted octanol–water partition coefficient (Wildman–Crippen LogP) is 2.46. The van der Waals surface area contributed by atoms with Crippen molar-refractivity contribution >= 4 is 23.2 Å². The maximum atomic E-state index is 12.2. The summed E-state index contributed by atoms with van der Waals surface area (Å²) >= 11 is 5.81. The topological polar surface area (TPSA) is 75.5 Å². The van der Waals surface area contributed by atoms with E-state index >= 15 is 0 Å².